The van der Waals surface area contributed by atoms with Gasteiger partial charge < -0.3 is 10.1 Å². The van der Waals surface area contributed by atoms with Gasteiger partial charge >= 0.3 is 6.09 Å². The van der Waals surface area contributed by atoms with Gasteiger partial charge in [-0.3, -0.25) is 9.69 Å². The molecule has 0 bridgehead atoms. The van der Waals surface area contributed by atoms with Crippen molar-refractivity contribution in [2.75, 3.05) is 18.0 Å². The Balaban J connectivity index is 1.74. The lowest BCUT2D eigenvalue weighted by atomic mass is 10.1. The normalized spacial score (nSPS) is 16.2. The SMILES string of the molecule is CC(=O)NCC1CN(c2ccc(C#Cc3ccc(S(N)(=O)=O)s3)c(F)c2)C(=O)O1. The molecule has 1 aliphatic heterocycles. The van der Waals surface area contributed by atoms with Crippen molar-refractivity contribution in [1.29, 1.82) is 0 Å². The number of cyclic esters (lactones) is 1. The van der Waals surface area contributed by atoms with E-state index in [0.29, 0.717) is 10.6 Å². The highest BCUT2D eigenvalue weighted by Crippen LogP contribution is 2.24. The summed E-state index contributed by atoms with van der Waals surface area (Å²) in [6, 6.07) is 6.93. The van der Waals surface area contributed by atoms with Gasteiger partial charge in [0.25, 0.3) is 0 Å². The topological polar surface area (TPSA) is 119 Å². The van der Waals surface area contributed by atoms with Crippen LogP contribution in [-0.4, -0.2) is 39.6 Å². The molecule has 1 aromatic carbocycles. The molecule has 0 aliphatic carbocycles. The third kappa shape index (κ3) is 5.11. The van der Waals surface area contributed by atoms with Crippen LogP contribution in [0.25, 0.3) is 0 Å². The maximum atomic E-state index is 14.4. The van der Waals surface area contributed by atoms with Gasteiger partial charge in [-0.15, -0.1) is 11.3 Å². The number of carbonyl (C=O) groups is 2. The second-order valence-corrected chi connectivity index (χ2v) is 9.00. The van der Waals surface area contributed by atoms with Crippen LogP contribution >= 0.6 is 11.3 Å². The largest absolute Gasteiger partial charge is 0.442 e. The quantitative estimate of drug-likeness (QED) is 0.701. The van der Waals surface area contributed by atoms with Crippen LogP contribution < -0.4 is 15.4 Å². The fourth-order valence-corrected chi connectivity index (χ4v) is 4.12. The summed E-state index contributed by atoms with van der Waals surface area (Å²) in [4.78, 5) is 24.7. The molecule has 0 spiro atoms. The Morgan fingerprint density at radius 2 is 2.14 bits per heavy atom. The summed E-state index contributed by atoms with van der Waals surface area (Å²) in [5, 5.41) is 7.61. The monoisotopic (exact) mass is 437 g/mol. The van der Waals surface area contributed by atoms with Crippen LogP contribution in [0.3, 0.4) is 0 Å². The Bertz CT molecular complexity index is 1130. The molecule has 29 heavy (non-hydrogen) atoms. The number of nitrogens with zero attached hydrogens (tertiary/aromatic N) is 1. The van der Waals surface area contributed by atoms with Crippen LogP contribution in [0.4, 0.5) is 14.9 Å². The van der Waals surface area contributed by atoms with E-state index < -0.39 is 28.0 Å². The van der Waals surface area contributed by atoms with Crippen LogP contribution in [0.5, 0.6) is 0 Å². The van der Waals surface area contributed by atoms with Gasteiger partial charge in [0.05, 0.1) is 29.2 Å². The van der Waals surface area contributed by atoms with Gasteiger partial charge in [-0.1, -0.05) is 11.8 Å². The summed E-state index contributed by atoms with van der Waals surface area (Å²) in [5.41, 5.74) is 0.387. The summed E-state index contributed by atoms with van der Waals surface area (Å²) < 4.78 is 42.1. The summed E-state index contributed by atoms with van der Waals surface area (Å²) in [6.07, 6.45) is -1.16. The van der Waals surface area contributed by atoms with E-state index in [-0.39, 0.29) is 28.8 Å². The minimum atomic E-state index is -3.80. The van der Waals surface area contributed by atoms with Crippen LogP contribution in [0.1, 0.15) is 17.4 Å². The lowest BCUT2D eigenvalue weighted by Crippen LogP contribution is -2.33. The van der Waals surface area contributed by atoms with Crippen molar-refractivity contribution in [2.45, 2.75) is 17.2 Å². The molecule has 2 heterocycles. The Morgan fingerprint density at radius 3 is 2.76 bits per heavy atom. The number of hydrogen-bond donors (Lipinski definition) is 2. The van der Waals surface area contributed by atoms with Gasteiger partial charge in [-0.05, 0) is 30.3 Å². The van der Waals surface area contributed by atoms with Gasteiger partial charge in [0, 0.05) is 6.92 Å². The van der Waals surface area contributed by atoms with Crippen LogP contribution in [0, 0.1) is 17.7 Å². The van der Waals surface area contributed by atoms with Crippen molar-refractivity contribution >= 4 is 39.0 Å². The molecule has 1 aromatic heterocycles. The first kappa shape index (κ1) is 20.8. The standard InChI is InChI=1S/C18H16FN3O5S2/c1-11(23)21-9-14-10-22(18(24)27-14)13-4-2-12(16(19)8-13)3-5-15-6-7-17(28-15)29(20,25)26/h2,4,6-8,14H,9-10H2,1H3,(H,21,23)(H2,20,25,26). The Hall–Kier alpha value is -2.94. The van der Waals surface area contributed by atoms with Gasteiger partial charge in [-0.2, -0.15) is 0 Å². The lowest BCUT2D eigenvalue weighted by molar-refractivity contribution is -0.119. The molecule has 0 radical (unpaired) electrons. The number of sulfonamides is 1. The molecule has 2 aromatic rings. The van der Waals surface area contributed by atoms with Crippen molar-refractivity contribution < 1.29 is 27.1 Å². The second kappa shape index (κ2) is 8.20. The first-order valence-corrected chi connectivity index (χ1v) is 10.7. The zero-order valence-corrected chi connectivity index (χ0v) is 16.8. The second-order valence-electron chi connectivity index (χ2n) is 6.13. The third-order valence-electron chi connectivity index (χ3n) is 3.90. The number of benzene rings is 1. The number of rotatable bonds is 4. The van der Waals surface area contributed by atoms with E-state index in [4.69, 9.17) is 9.88 Å². The average molecular weight is 437 g/mol. The molecule has 11 heteroatoms. The predicted octanol–water partition coefficient (Wildman–Crippen LogP) is 1.40. The molecule has 1 saturated heterocycles. The van der Waals surface area contributed by atoms with Crippen molar-refractivity contribution in [2.24, 2.45) is 5.14 Å². The molecular weight excluding hydrogens is 421 g/mol. The molecule has 2 amide bonds. The van der Waals surface area contributed by atoms with Gasteiger partial charge in [0.2, 0.25) is 15.9 Å². The molecule has 1 aliphatic rings. The molecule has 3 N–H and O–H groups in total. The van der Waals surface area contributed by atoms with Gasteiger partial charge in [0.15, 0.2) is 0 Å². The predicted molar refractivity (Wildman–Crippen MR) is 104 cm³/mol. The highest BCUT2D eigenvalue weighted by atomic mass is 32.2. The molecular formula is C18H16FN3O5S2. The lowest BCUT2D eigenvalue weighted by Gasteiger charge is -2.13. The van der Waals surface area contributed by atoms with E-state index >= 15 is 0 Å². The highest BCUT2D eigenvalue weighted by Gasteiger charge is 2.32. The zero-order valence-electron chi connectivity index (χ0n) is 15.1. The number of primary sulfonamides is 1. The molecule has 1 atom stereocenters. The number of anilines is 1. The Morgan fingerprint density at radius 1 is 1.38 bits per heavy atom. The fraction of sp³-hybridized carbons (Fsp3) is 0.222. The van der Waals surface area contributed by atoms with E-state index in [9.17, 15) is 22.4 Å². The molecule has 8 nitrogen and oxygen atoms in total. The highest BCUT2D eigenvalue weighted by molar-refractivity contribution is 7.91. The Kier molecular flexibility index (Phi) is 5.88. The van der Waals surface area contributed by atoms with E-state index in [2.05, 4.69) is 17.2 Å². The van der Waals surface area contributed by atoms with E-state index in [1.54, 1.807) is 0 Å². The number of amides is 2. The number of ether oxygens (including phenoxy) is 1. The van der Waals surface area contributed by atoms with Gasteiger partial charge in [0.1, 0.15) is 16.1 Å². The average Bonchev–Trinajstić information content (AvgIpc) is 3.25. The summed E-state index contributed by atoms with van der Waals surface area (Å²) in [5.74, 6) is 4.44. The number of carbonyl (C=O) groups excluding carboxylic acids is 2. The Labute approximate surface area is 170 Å². The van der Waals surface area contributed by atoms with E-state index in [1.165, 1.54) is 36.1 Å². The van der Waals surface area contributed by atoms with Crippen molar-refractivity contribution in [3.05, 3.63) is 46.6 Å². The third-order valence-corrected chi connectivity index (χ3v) is 6.34. The van der Waals surface area contributed by atoms with E-state index in [0.717, 1.165) is 17.4 Å². The summed E-state index contributed by atoms with van der Waals surface area (Å²) in [6.45, 7) is 1.70. The first-order chi connectivity index (χ1) is 13.6. The molecule has 1 fully saturated rings. The van der Waals surface area contributed by atoms with Crippen LogP contribution in [0.15, 0.2) is 34.5 Å². The van der Waals surface area contributed by atoms with Crippen LogP contribution in [-0.2, 0) is 19.6 Å². The molecule has 1 unspecified atom stereocenters. The maximum absolute atomic E-state index is 14.4. The number of nitrogens with two attached hydrogens (primary N) is 1. The minimum Gasteiger partial charge on any atom is -0.442 e. The first-order valence-electron chi connectivity index (χ1n) is 8.30. The number of halogens is 1. The number of thiophene rings is 1. The smallest absolute Gasteiger partial charge is 0.414 e. The number of nitrogens with one attached hydrogen (secondary N) is 1. The van der Waals surface area contributed by atoms with Gasteiger partial charge in [-0.25, -0.2) is 22.7 Å². The molecule has 0 saturated carbocycles. The zero-order chi connectivity index (χ0) is 21.2. The molecule has 152 valence electrons. The fourth-order valence-electron chi connectivity index (χ4n) is 2.54. The van der Waals surface area contributed by atoms with Crippen LogP contribution in [0.2, 0.25) is 0 Å². The van der Waals surface area contributed by atoms with E-state index in [1.807, 2.05) is 0 Å². The summed E-state index contributed by atoms with van der Waals surface area (Å²) >= 11 is 0.887. The molecule has 3 rings (SSSR count). The van der Waals surface area contributed by atoms with Crippen molar-refractivity contribution in [1.82, 2.24) is 5.32 Å². The van der Waals surface area contributed by atoms with Crippen molar-refractivity contribution in [3.8, 4) is 11.8 Å². The number of hydrogen-bond acceptors (Lipinski definition) is 6. The van der Waals surface area contributed by atoms with Crippen molar-refractivity contribution in [3.63, 3.8) is 0 Å². The summed E-state index contributed by atoms with van der Waals surface area (Å²) in [7, 11) is -3.80. The maximum Gasteiger partial charge on any atom is 0.414 e. The minimum absolute atomic E-state index is 0.0287.